The fourth-order valence-electron chi connectivity index (χ4n) is 2.66. The van der Waals surface area contributed by atoms with Crippen LogP contribution in [0.3, 0.4) is 0 Å². The molecule has 3 rings (SSSR count). The van der Waals surface area contributed by atoms with Gasteiger partial charge in [0.1, 0.15) is 11.6 Å². The van der Waals surface area contributed by atoms with E-state index in [0.29, 0.717) is 11.4 Å². The Balaban J connectivity index is 1.76. The molecule has 2 aromatic rings. The summed E-state index contributed by atoms with van der Waals surface area (Å²) in [6, 6.07) is 12.5. The monoisotopic (exact) mass is 378 g/mol. The van der Waals surface area contributed by atoms with E-state index in [-0.39, 0.29) is 24.7 Å². The molecule has 0 bridgehead atoms. The van der Waals surface area contributed by atoms with Crippen LogP contribution in [0.4, 0.5) is 10.1 Å². The molecule has 0 saturated heterocycles. The van der Waals surface area contributed by atoms with E-state index in [0.717, 1.165) is 5.56 Å². The number of carbonyl (C=O) groups excluding carboxylic acids is 1. The number of carbonyl (C=O) groups is 1. The van der Waals surface area contributed by atoms with Gasteiger partial charge in [0.15, 0.2) is 6.10 Å². The van der Waals surface area contributed by atoms with Crippen LogP contribution in [0.2, 0.25) is 0 Å². The van der Waals surface area contributed by atoms with Gasteiger partial charge in [-0.05, 0) is 36.8 Å². The lowest BCUT2D eigenvalue weighted by Gasteiger charge is -2.34. The molecule has 0 radical (unpaired) electrons. The number of fused-ring (bicyclic) bond motifs is 1. The molecule has 1 N–H and O–H groups in total. The second kappa shape index (κ2) is 7.33. The van der Waals surface area contributed by atoms with Gasteiger partial charge in [-0.1, -0.05) is 24.3 Å². The molecular formula is C18H19FN2O4S. The molecule has 0 spiro atoms. The van der Waals surface area contributed by atoms with Crippen LogP contribution in [-0.4, -0.2) is 32.7 Å². The van der Waals surface area contributed by atoms with Crippen LogP contribution >= 0.6 is 0 Å². The average Bonchev–Trinajstić information content (AvgIpc) is 2.66. The summed E-state index contributed by atoms with van der Waals surface area (Å²) < 4.78 is 44.6. The molecular weight excluding hydrogens is 359 g/mol. The summed E-state index contributed by atoms with van der Waals surface area (Å²) in [6.45, 7) is 1.65. The predicted octanol–water partition coefficient (Wildman–Crippen LogP) is 2.06. The molecule has 138 valence electrons. The van der Waals surface area contributed by atoms with E-state index in [9.17, 15) is 17.6 Å². The number of amides is 1. The van der Waals surface area contributed by atoms with Gasteiger partial charge < -0.3 is 10.1 Å². The molecule has 8 heteroatoms. The molecule has 26 heavy (non-hydrogen) atoms. The first-order valence-electron chi connectivity index (χ1n) is 8.19. The molecule has 1 amide bonds. The number of hydrogen-bond acceptors (Lipinski definition) is 4. The number of benzene rings is 2. The highest BCUT2D eigenvalue weighted by Gasteiger charge is 2.35. The molecule has 1 aliphatic heterocycles. The number of para-hydroxylation sites is 2. The van der Waals surface area contributed by atoms with Crippen molar-refractivity contribution in [3.8, 4) is 5.75 Å². The summed E-state index contributed by atoms with van der Waals surface area (Å²) in [6.07, 6.45) is -0.966. The van der Waals surface area contributed by atoms with Crippen molar-refractivity contribution in [2.75, 3.05) is 16.6 Å². The van der Waals surface area contributed by atoms with Crippen molar-refractivity contribution in [1.82, 2.24) is 5.32 Å². The summed E-state index contributed by atoms with van der Waals surface area (Å²) in [4.78, 5) is 12.5. The van der Waals surface area contributed by atoms with Crippen LogP contribution in [0.25, 0.3) is 0 Å². The minimum absolute atomic E-state index is 0.0781. The largest absolute Gasteiger partial charge is 0.476 e. The Kier molecular flexibility index (Phi) is 5.13. The van der Waals surface area contributed by atoms with Gasteiger partial charge in [-0.2, -0.15) is 0 Å². The number of nitrogens with zero attached hydrogens (tertiary/aromatic N) is 1. The van der Waals surface area contributed by atoms with Crippen molar-refractivity contribution in [3.63, 3.8) is 0 Å². The van der Waals surface area contributed by atoms with Crippen LogP contribution in [0.1, 0.15) is 12.5 Å². The quantitative estimate of drug-likeness (QED) is 0.864. The molecule has 0 aromatic heterocycles. The van der Waals surface area contributed by atoms with Crippen LogP contribution < -0.4 is 14.4 Å². The second-order valence-corrected chi connectivity index (χ2v) is 8.03. The number of sulfonamides is 1. The molecule has 0 saturated carbocycles. The highest BCUT2D eigenvalue weighted by atomic mass is 32.2. The van der Waals surface area contributed by atoms with Gasteiger partial charge in [0, 0.05) is 6.54 Å². The second-order valence-electron chi connectivity index (χ2n) is 5.85. The Bertz CT molecular complexity index is 900. The van der Waals surface area contributed by atoms with E-state index < -0.39 is 22.0 Å². The summed E-state index contributed by atoms with van der Waals surface area (Å²) in [7, 11) is -3.54. The lowest BCUT2D eigenvalue weighted by Crippen LogP contribution is -2.50. The lowest BCUT2D eigenvalue weighted by atomic mass is 10.2. The smallest absolute Gasteiger partial charge is 0.263 e. The molecule has 1 heterocycles. The maximum atomic E-state index is 12.9. The third kappa shape index (κ3) is 3.80. The van der Waals surface area contributed by atoms with Gasteiger partial charge in [0.25, 0.3) is 5.91 Å². The minimum Gasteiger partial charge on any atom is -0.476 e. The lowest BCUT2D eigenvalue weighted by molar-refractivity contribution is -0.127. The molecule has 0 aliphatic carbocycles. The predicted molar refractivity (Wildman–Crippen MR) is 95.9 cm³/mol. The van der Waals surface area contributed by atoms with Gasteiger partial charge in [-0.3, -0.25) is 9.10 Å². The minimum atomic E-state index is -3.54. The maximum Gasteiger partial charge on any atom is 0.263 e. The van der Waals surface area contributed by atoms with E-state index in [1.54, 1.807) is 43.3 Å². The fourth-order valence-corrected chi connectivity index (χ4v) is 3.79. The van der Waals surface area contributed by atoms with Crippen molar-refractivity contribution in [1.29, 1.82) is 0 Å². The Morgan fingerprint density at radius 2 is 1.92 bits per heavy atom. The third-order valence-corrected chi connectivity index (χ3v) is 5.85. The van der Waals surface area contributed by atoms with E-state index in [2.05, 4.69) is 5.32 Å². The van der Waals surface area contributed by atoms with E-state index in [1.165, 1.54) is 16.4 Å². The van der Waals surface area contributed by atoms with E-state index >= 15 is 0 Å². The van der Waals surface area contributed by atoms with Gasteiger partial charge in [-0.15, -0.1) is 0 Å². The number of anilines is 1. The van der Waals surface area contributed by atoms with Gasteiger partial charge in [-0.25, -0.2) is 12.8 Å². The molecule has 1 aliphatic rings. The number of rotatable bonds is 5. The van der Waals surface area contributed by atoms with Crippen LogP contribution in [0, 0.1) is 5.82 Å². The first kappa shape index (κ1) is 18.2. The zero-order valence-electron chi connectivity index (χ0n) is 14.2. The Hall–Kier alpha value is -2.61. The number of halogens is 1. The van der Waals surface area contributed by atoms with Crippen molar-refractivity contribution in [3.05, 3.63) is 59.9 Å². The van der Waals surface area contributed by atoms with Gasteiger partial charge in [0.05, 0.1) is 18.0 Å². The van der Waals surface area contributed by atoms with Crippen LogP contribution in [0.5, 0.6) is 5.75 Å². The number of hydrogen-bond donors (Lipinski definition) is 1. The van der Waals surface area contributed by atoms with E-state index in [1.807, 2.05) is 0 Å². The fraction of sp³-hybridized carbons (Fsp3) is 0.278. The summed E-state index contributed by atoms with van der Waals surface area (Å²) in [5, 5.41) is 2.70. The normalized spacial score (nSPS) is 16.5. The molecule has 0 unspecified atom stereocenters. The van der Waals surface area contributed by atoms with Crippen molar-refractivity contribution >= 4 is 21.6 Å². The summed E-state index contributed by atoms with van der Waals surface area (Å²) in [5.74, 6) is -0.517. The van der Waals surface area contributed by atoms with Crippen molar-refractivity contribution in [2.24, 2.45) is 0 Å². The first-order chi connectivity index (χ1) is 12.4. The third-order valence-electron chi connectivity index (χ3n) is 4.11. The number of ether oxygens (including phenoxy) is 1. The highest BCUT2D eigenvalue weighted by Crippen LogP contribution is 2.35. The Labute approximate surface area is 151 Å². The molecule has 1 atom stereocenters. The van der Waals surface area contributed by atoms with E-state index in [4.69, 9.17) is 4.74 Å². The number of nitrogens with one attached hydrogen (secondary N) is 1. The highest BCUT2D eigenvalue weighted by molar-refractivity contribution is 7.92. The standard InChI is InChI=1S/C18H19FN2O4S/c1-2-26(23,24)21-12-17(25-16-6-4-3-5-15(16)21)18(22)20-11-13-7-9-14(19)10-8-13/h3-10,17H,2,11-12H2,1H3,(H,20,22)/t17-/m1/s1. The zero-order chi connectivity index (χ0) is 18.7. The Morgan fingerprint density at radius 3 is 2.62 bits per heavy atom. The van der Waals surface area contributed by atoms with Crippen molar-refractivity contribution in [2.45, 2.75) is 19.6 Å². The molecule has 0 fully saturated rings. The summed E-state index contributed by atoms with van der Waals surface area (Å²) >= 11 is 0. The zero-order valence-corrected chi connectivity index (χ0v) is 15.0. The molecule has 6 nitrogen and oxygen atoms in total. The molecule has 2 aromatic carbocycles. The maximum absolute atomic E-state index is 12.9. The van der Waals surface area contributed by atoms with Crippen LogP contribution in [0.15, 0.2) is 48.5 Å². The van der Waals surface area contributed by atoms with Gasteiger partial charge >= 0.3 is 0 Å². The average molecular weight is 378 g/mol. The topological polar surface area (TPSA) is 75.7 Å². The van der Waals surface area contributed by atoms with Gasteiger partial charge in [0.2, 0.25) is 10.0 Å². The van der Waals surface area contributed by atoms with Crippen molar-refractivity contribution < 1.29 is 22.3 Å². The van der Waals surface area contributed by atoms with Crippen LogP contribution in [-0.2, 0) is 21.4 Å². The first-order valence-corrected chi connectivity index (χ1v) is 9.80. The SMILES string of the molecule is CCS(=O)(=O)N1C[C@H](C(=O)NCc2ccc(F)cc2)Oc2ccccc21. The summed E-state index contributed by atoms with van der Waals surface area (Å²) in [5.41, 5.74) is 1.16. The Morgan fingerprint density at radius 1 is 1.23 bits per heavy atom.